The van der Waals surface area contributed by atoms with Gasteiger partial charge in [-0.15, -0.1) is 0 Å². The van der Waals surface area contributed by atoms with Gasteiger partial charge >= 0.3 is 0 Å². The predicted octanol–water partition coefficient (Wildman–Crippen LogP) is 3.00. The molecule has 1 aliphatic rings. The smallest absolute Gasteiger partial charge is 0.0621 e. The molecule has 0 saturated carbocycles. The van der Waals surface area contributed by atoms with Crippen LogP contribution < -0.4 is 11.3 Å². The third-order valence-corrected chi connectivity index (χ3v) is 3.79. The molecule has 98 valence electrons. The Hall–Kier alpha value is -0.900. The van der Waals surface area contributed by atoms with Crippen molar-refractivity contribution in [2.24, 2.45) is 5.84 Å². The molecule has 0 bridgehead atoms. The Balaban J connectivity index is 1.97. The molecular formula is C14H20ClN3. The van der Waals surface area contributed by atoms with E-state index in [1.165, 1.54) is 31.3 Å². The van der Waals surface area contributed by atoms with Crippen LogP contribution in [0, 0.1) is 0 Å². The average molecular weight is 266 g/mol. The monoisotopic (exact) mass is 265 g/mol. The Morgan fingerprint density at radius 3 is 2.94 bits per heavy atom. The average Bonchev–Trinajstić information content (AvgIpc) is 2.41. The van der Waals surface area contributed by atoms with Crippen LogP contribution in [0.25, 0.3) is 0 Å². The first-order valence-corrected chi connectivity index (χ1v) is 6.90. The second kappa shape index (κ2) is 6.88. The van der Waals surface area contributed by atoms with E-state index < -0.39 is 0 Å². The number of hydrogen-bond acceptors (Lipinski definition) is 3. The number of rotatable bonds is 5. The van der Waals surface area contributed by atoms with E-state index in [0.29, 0.717) is 0 Å². The molecule has 1 unspecified atom stereocenters. The molecule has 3 N–H and O–H groups in total. The van der Waals surface area contributed by atoms with Crippen LogP contribution in [0.2, 0.25) is 5.02 Å². The van der Waals surface area contributed by atoms with Crippen molar-refractivity contribution in [2.75, 3.05) is 0 Å². The highest BCUT2D eigenvalue weighted by Gasteiger charge is 2.13. The first-order chi connectivity index (χ1) is 8.79. The van der Waals surface area contributed by atoms with Gasteiger partial charge in [0.05, 0.1) is 5.02 Å². The lowest BCUT2D eigenvalue weighted by molar-refractivity contribution is 0.504. The fourth-order valence-electron chi connectivity index (χ4n) is 2.43. The molecule has 0 saturated heterocycles. The second-order valence-corrected chi connectivity index (χ2v) is 5.25. The highest BCUT2D eigenvalue weighted by Crippen LogP contribution is 2.23. The number of allylic oxidation sites excluding steroid dienone is 1. The summed E-state index contributed by atoms with van der Waals surface area (Å²) in [5.41, 5.74) is 5.53. The van der Waals surface area contributed by atoms with Gasteiger partial charge in [0.15, 0.2) is 0 Å². The molecule has 1 aromatic heterocycles. The number of nitrogens with zero attached hydrogens (tertiary/aromatic N) is 1. The van der Waals surface area contributed by atoms with Gasteiger partial charge in [0.1, 0.15) is 0 Å². The third-order valence-electron chi connectivity index (χ3n) is 3.45. The fourth-order valence-corrected chi connectivity index (χ4v) is 2.63. The molecule has 0 radical (unpaired) electrons. The first-order valence-electron chi connectivity index (χ1n) is 6.52. The van der Waals surface area contributed by atoms with E-state index >= 15 is 0 Å². The molecule has 4 heteroatoms. The zero-order valence-corrected chi connectivity index (χ0v) is 11.3. The number of nitrogens with one attached hydrogen (secondary N) is 1. The number of aromatic nitrogens is 1. The zero-order chi connectivity index (χ0) is 12.8. The minimum atomic E-state index is 0.245. The van der Waals surface area contributed by atoms with Crippen LogP contribution in [0.4, 0.5) is 0 Å². The molecule has 0 amide bonds. The molecule has 0 spiro atoms. The van der Waals surface area contributed by atoms with Crippen LogP contribution in [0.5, 0.6) is 0 Å². The summed E-state index contributed by atoms with van der Waals surface area (Å²) in [6, 6.07) is 2.20. The molecule has 1 heterocycles. The summed E-state index contributed by atoms with van der Waals surface area (Å²) in [4.78, 5) is 4.00. The Kier molecular flexibility index (Phi) is 5.17. The summed E-state index contributed by atoms with van der Waals surface area (Å²) >= 11 is 6.12. The van der Waals surface area contributed by atoms with Gasteiger partial charge in [0.2, 0.25) is 0 Å². The van der Waals surface area contributed by atoms with E-state index in [9.17, 15) is 0 Å². The number of hydrazine groups is 1. The van der Waals surface area contributed by atoms with Crippen molar-refractivity contribution < 1.29 is 0 Å². The zero-order valence-electron chi connectivity index (χ0n) is 10.5. The second-order valence-electron chi connectivity index (χ2n) is 4.85. The van der Waals surface area contributed by atoms with Crippen LogP contribution in [-0.2, 0) is 6.42 Å². The number of halogens is 1. The normalized spacial score (nSPS) is 17.3. The topological polar surface area (TPSA) is 50.9 Å². The van der Waals surface area contributed by atoms with Crippen LogP contribution in [-0.4, -0.2) is 11.0 Å². The molecule has 2 rings (SSSR count). The van der Waals surface area contributed by atoms with Crippen molar-refractivity contribution in [1.82, 2.24) is 10.4 Å². The molecule has 3 nitrogen and oxygen atoms in total. The maximum Gasteiger partial charge on any atom is 0.0621 e. The van der Waals surface area contributed by atoms with Crippen molar-refractivity contribution in [2.45, 2.75) is 44.6 Å². The lowest BCUT2D eigenvalue weighted by Crippen LogP contribution is -2.37. The summed E-state index contributed by atoms with van der Waals surface area (Å²) in [6.45, 7) is 0. The van der Waals surface area contributed by atoms with Crippen LogP contribution in [0.1, 0.15) is 37.7 Å². The standard InChI is InChI=1S/C14H20ClN3/c15-14-10-17-7-6-12(14)9-13(18-16)8-11-4-2-1-3-5-11/h4,6-7,10,13,18H,1-3,5,8-9,16H2. The highest BCUT2D eigenvalue weighted by molar-refractivity contribution is 6.31. The quantitative estimate of drug-likeness (QED) is 0.489. The van der Waals surface area contributed by atoms with Gasteiger partial charge in [-0.3, -0.25) is 16.3 Å². The number of nitrogens with two attached hydrogens (primary N) is 1. The van der Waals surface area contributed by atoms with Crippen molar-refractivity contribution >= 4 is 11.6 Å². The Bertz CT molecular complexity index is 417. The molecule has 0 aliphatic heterocycles. The van der Waals surface area contributed by atoms with Gasteiger partial charge in [0, 0.05) is 18.4 Å². The molecule has 18 heavy (non-hydrogen) atoms. The van der Waals surface area contributed by atoms with Gasteiger partial charge < -0.3 is 0 Å². The minimum Gasteiger partial charge on any atom is -0.271 e. The lowest BCUT2D eigenvalue weighted by atomic mass is 9.92. The van der Waals surface area contributed by atoms with E-state index in [4.69, 9.17) is 17.4 Å². The van der Waals surface area contributed by atoms with Crippen molar-refractivity contribution in [3.8, 4) is 0 Å². The SMILES string of the molecule is NNC(CC1=CCCCC1)Cc1ccncc1Cl. The summed E-state index contributed by atoms with van der Waals surface area (Å²) in [6.07, 6.45) is 12.7. The Labute approximate surface area is 113 Å². The van der Waals surface area contributed by atoms with E-state index in [1.54, 1.807) is 12.4 Å². The molecule has 1 aromatic rings. The van der Waals surface area contributed by atoms with Gasteiger partial charge in [-0.1, -0.05) is 23.3 Å². The van der Waals surface area contributed by atoms with Crippen LogP contribution >= 0.6 is 11.6 Å². The molecule has 1 aliphatic carbocycles. The molecule has 0 aromatic carbocycles. The summed E-state index contributed by atoms with van der Waals surface area (Å²) in [5.74, 6) is 5.65. The Morgan fingerprint density at radius 1 is 1.39 bits per heavy atom. The van der Waals surface area contributed by atoms with Crippen molar-refractivity contribution in [3.63, 3.8) is 0 Å². The lowest BCUT2D eigenvalue weighted by Gasteiger charge is -2.20. The van der Waals surface area contributed by atoms with E-state index in [0.717, 1.165) is 23.4 Å². The van der Waals surface area contributed by atoms with Gasteiger partial charge in [-0.2, -0.15) is 0 Å². The highest BCUT2D eigenvalue weighted by atomic mass is 35.5. The maximum atomic E-state index is 6.12. The Morgan fingerprint density at radius 2 is 2.28 bits per heavy atom. The number of hydrogen-bond donors (Lipinski definition) is 2. The first kappa shape index (κ1) is 13.5. The van der Waals surface area contributed by atoms with E-state index in [2.05, 4.69) is 16.5 Å². The number of pyridine rings is 1. The molecule has 0 fully saturated rings. The van der Waals surface area contributed by atoms with E-state index in [-0.39, 0.29) is 6.04 Å². The molecule has 1 atom stereocenters. The van der Waals surface area contributed by atoms with Gasteiger partial charge in [-0.05, 0) is 50.2 Å². The van der Waals surface area contributed by atoms with Gasteiger partial charge in [0.25, 0.3) is 0 Å². The fraction of sp³-hybridized carbons (Fsp3) is 0.500. The summed E-state index contributed by atoms with van der Waals surface area (Å²) < 4.78 is 0. The predicted molar refractivity (Wildman–Crippen MR) is 75.2 cm³/mol. The third kappa shape index (κ3) is 3.80. The van der Waals surface area contributed by atoms with Crippen molar-refractivity contribution in [1.29, 1.82) is 0 Å². The van der Waals surface area contributed by atoms with Gasteiger partial charge in [-0.25, -0.2) is 0 Å². The summed E-state index contributed by atoms with van der Waals surface area (Å²) in [7, 11) is 0. The van der Waals surface area contributed by atoms with E-state index in [1.807, 2.05) is 6.07 Å². The largest absolute Gasteiger partial charge is 0.271 e. The van der Waals surface area contributed by atoms with Crippen LogP contribution in [0.15, 0.2) is 30.1 Å². The van der Waals surface area contributed by atoms with Crippen LogP contribution in [0.3, 0.4) is 0 Å². The maximum absolute atomic E-state index is 6.12. The minimum absolute atomic E-state index is 0.245. The summed E-state index contributed by atoms with van der Waals surface area (Å²) in [5, 5.41) is 0.718. The molecular weight excluding hydrogens is 246 g/mol. The van der Waals surface area contributed by atoms with Crippen molar-refractivity contribution in [3.05, 3.63) is 40.7 Å².